The summed E-state index contributed by atoms with van der Waals surface area (Å²) in [5.74, 6) is 0.0831. The fourth-order valence-electron chi connectivity index (χ4n) is 3.21. The lowest BCUT2D eigenvalue weighted by atomic mass is 10.1. The van der Waals surface area contributed by atoms with E-state index in [4.69, 9.17) is 21.4 Å². The predicted octanol–water partition coefficient (Wildman–Crippen LogP) is 5.52. The first-order valence-corrected chi connectivity index (χ1v) is 9.68. The molecule has 0 aliphatic rings. The molecule has 3 rings (SSSR count). The molecule has 0 radical (unpaired) electrons. The van der Waals surface area contributed by atoms with Gasteiger partial charge in [0.1, 0.15) is 12.4 Å². The number of aliphatic carboxylic acids is 1. The van der Waals surface area contributed by atoms with Crippen molar-refractivity contribution in [1.82, 2.24) is 4.57 Å². The van der Waals surface area contributed by atoms with Crippen molar-refractivity contribution < 1.29 is 14.6 Å². The maximum atomic E-state index is 11.0. The highest BCUT2D eigenvalue weighted by Gasteiger charge is 2.12. The van der Waals surface area contributed by atoms with Crippen LogP contribution in [0.5, 0.6) is 5.75 Å². The van der Waals surface area contributed by atoms with Gasteiger partial charge in [0.15, 0.2) is 0 Å². The Balaban J connectivity index is 1.81. The zero-order chi connectivity index (χ0) is 20.1. The van der Waals surface area contributed by atoms with Crippen molar-refractivity contribution in [1.29, 1.82) is 0 Å². The summed E-state index contributed by atoms with van der Waals surface area (Å²) in [6.45, 7) is 5.20. The van der Waals surface area contributed by atoms with Crippen LogP contribution in [0, 0.1) is 13.8 Å². The van der Waals surface area contributed by atoms with Gasteiger partial charge in [0.25, 0.3) is 0 Å². The van der Waals surface area contributed by atoms with Crippen LogP contribution in [0.2, 0.25) is 5.02 Å². The van der Waals surface area contributed by atoms with Crippen LogP contribution >= 0.6 is 11.6 Å². The number of hydrogen-bond donors (Lipinski definition) is 1. The summed E-state index contributed by atoms with van der Waals surface area (Å²) in [4.78, 5) is 11.0. The molecule has 1 N–H and O–H groups in total. The number of aryl methyl sites for hydroxylation is 3. The zero-order valence-corrected chi connectivity index (χ0v) is 16.9. The molecule has 1 aromatic heterocycles. The third-order valence-electron chi connectivity index (χ3n) is 4.72. The van der Waals surface area contributed by atoms with E-state index in [2.05, 4.69) is 16.7 Å². The molecule has 1 heterocycles. The van der Waals surface area contributed by atoms with Crippen LogP contribution < -0.4 is 4.74 Å². The molecule has 0 amide bonds. The molecule has 0 aliphatic carbocycles. The van der Waals surface area contributed by atoms with E-state index in [1.54, 1.807) is 0 Å². The van der Waals surface area contributed by atoms with Crippen molar-refractivity contribution in [2.75, 3.05) is 6.61 Å². The van der Waals surface area contributed by atoms with Gasteiger partial charge >= 0.3 is 5.97 Å². The van der Waals surface area contributed by atoms with E-state index in [1.807, 2.05) is 56.3 Å². The minimum Gasteiger partial charge on any atom is -0.491 e. The molecule has 2 aromatic carbocycles. The Morgan fingerprint density at radius 1 is 1.07 bits per heavy atom. The number of nitrogens with zero attached hydrogens (tertiary/aromatic N) is 1. The van der Waals surface area contributed by atoms with Gasteiger partial charge < -0.3 is 14.4 Å². The van der Waals surface area contributed by atoms with E-state index in [-0.39, 0.29) is 6.42 Å². The highest BCUT2D eigenvalue weighted by molar-refractivity contribution is 6.30. The van der Waals surface area contributed by atoms with Crippen LogP contribution in [0.15, 0.2) is 54.6 Å². The van der Waals surface area contributed by atoms with Gasteiger partial charge in [0.2, 0.25) is 0 Å². The number of benzene rings is 2. The predicted molar refractivity (Wildman–Crippen MR) is 112 cm³/mol. The van der Waals surface area contributed by atoms with Crippen molar-refractivity contribution in [2.45, 2.75) is 33.2 Å². The van der Waals surface area contributed by atoms with Crippen LogP contribution in [0.4, 0.5) is 0 Å². The molecule has 0 bridgehead atoms. The van der Waals surface area contributed by atoms with E-state index < -0.39 is 5.97 Å². The number of hydrogen-bond acceptors (Lipinski definition) is 2. The Labute approximate surface area is 170 Å². The molecule has 0 saturated carbocycles. The molecule has 28 heavy (non-hydrogen) atoms. The average Bonchev–Trinajstić information content (AvgIpc) is 3.06. The molecule has 4 nitrogen and oxygen atoms in total. The second kappa shape index (κ2) is 8.98. The zero-order valence-electron chi connectivity index (χ0n) is 16.1. The molecule has 0 atom stereocenters. The summed E-state index contributed by atoms with van der Waals surface area (Å²) in [5.41, 5.74) is 5.31. The number of aromatic nitrogens is 1. The molecule has 146 valence electrons. The van der Waals surface area contributed by atoms with Crippen molar-refractivity contribution >= 4 is 17.6 Å². The lowest BCUT2D eigenvalue weighted by molar-refractivity contribution is -0.136. The summed E-state index contributed by atoms with van der Waals surface area (Å²) >= 11 is 6.02. The minimum absolute atomic E-state index is 0.0991. The van der Waals surface area contributed by atoms with Gasteiger partial charge in [-0.2, -0.15) is 0 Å². The monoisotopic (exact) mass is 397 g/mol. The second-order valence-electron chi connectivity index (χ2n) is 6.88. The third-order valence-corrected chi connectivity index (χ3v) is 4.97. The van der Waals surface area contributed by atoms with Gasteiger partial charge in [-0.25, -0.2) is 0 Å². The smallest absolute Gasteiger partial charge is 0.303 e. The number of ether oxygens (including phenoxy) is 1. The van der Waals surface area contributed by atoms with Crippen molar-refractivity contribution in [3.8, 4) is 17.0 Å². The summed E-state index contributed by atoms with van der Waals surface area (Å²) in [7, 11) is 0. The largest absolute Gasteiger partial charge is 0.491 e. The fourth-order valence-corrected chi connectivity index (χ4v) is 3.34. The molecular weight excluding hydrogens is 374 g/mol. The number of carbonyl (C=O) groups is 1. The molecule has 0 fully saturated rings. The fraction of sp³-hybridized carbons (Fsp3) is 0.261. The second-order valence-corrected chi connectivity index (χ2v) is 7.32. The Hall–Kier alpha value is -2.72. The number of carboxylic acids is 1. The molecule has 0 saturated heterocycles. The van der Waals surface area contributed by atoms with Gasteiger partial charge in [-0.3, -0.25) is 4.79 Å². The summed E-state index contributed by atoms with van der Waals surface area (Å²) in [6, 6.07) is 17.8. The van der Waals surface area contributed by atoms with Gasteiger partial charge in [0, 0.05) is 16.4 Å². The van der Waals surface area contributed by atoms with Crippen LogP contribution in [-0.4, -0.2) is 22.2 Å². The Morgan fingerprint density at radius 3 is 2.54 bits per heavy atom. The standard InChI is InChI=1S/C23H24ClNO3/c1-16-3-4-17(2)22(15-16)28-14-13-25-20(10-12-23(26)27)9-11-21(25)18-5-7-19(24)8-6-18/h3-9,11,15H,10,12-14H2,1-2H3,(H,26,27). The first-order chi connectivity index (χ1) is 13.4. The van der Waals surface area contributed by atoms with Crippen molar-refractivity contribution in [3.05, 3.63) is 76.4 Å². The molecule has 0 aliphatic heterocycles. The molecule has 5 heteroatoms. The Kier molecular flexibility index (Phi) is 6.42. The Bertz CT molecular complexity index is 960. The topological polar surface area (TPSA) is 51.5 Å². The molecule has 0 spiro atoms. The average molecular weight is 398 g/mol. The lowest BCUT2D eigenvalue weighted by Gasteiger charge is -2.15. The maximum absolute atomic E-state index is 11.0. The molecule has 3 aromatic rings. The van der Waals surface area contributed by atoms with Gasteiger partial charge in [-0.05, 0) is 67.3 Å². The van der Waals surface area contributed by atoms with Gasteiger partial charge in [-0.15, -0.1) is 0 Å². The first kappa shape index (κ1) is 20.0. The minimum atomic E-state index is -0.799. The van der Waals surface area contributed by atoms with E-state index in [1.165, 1.54) is 0 Å². The quantitative estimate of drug-likeness (QED) is 0.544. The van der Waals surface area contributed by atoms with Crippen molar-refractivity contribution in [2.24, 2.45) is 0 Å². The lowest BCUT2D eigenvalue weighted by Crippen LogP contribution is -2.13. The SMILES string of the molecule is Cc1ccc(C)c(OCCn2c(CCC(=O)O)ccc2-c2ccc(Cl)cc2)c1. The summed E-state index contributed by atoms with van der Waals surface area (Å²) in [6.07, 6.45) is 0.578. The highest BCUT2D eigenvalue weighted by Crippen LogP contribution is 2.26. The van der Waals surface area contributed by atoms with E-state index in [0.717, 1.165) is 33.8 Å². The normalized spacial score (nSPS) is 10.8. The number of carboxylic acid groups (broad SMARTS) is 1. The molecule has 0 unspecified atom stereocenters. The van der Waals surface area contributed by atoms with Crippen LogP contribution in [-0.2, 0) is 17.8 Å². The molecular formula is C23H24ClNO3. The van der Waals surface area contributed by atoms with E-state index in [0.29, 0.717) is 24.6 Å². The highest BCUT2D eigenvalue weighted by atomic mass is 35.5. The number of rotatable bonds is 8. The van der Waals surface area contributed by atoms with E-state index in [9.17, 15) is 4.79 Å². The van der Waals surface area contributed by atoms with Gasteiger partial charge in [-0.1, -0.05) is 35.9 Å². The van der Waals surface area contributed by atoms with Crippen LogP contribution in [0.1, 0.15) is 23.2 Å². The summed E-state index contributed by atoms with van der Waals surface area (Å²) in [5, 5.41) is 9.74. The van der Waals surface area contributed by atoms with Crippen LogP contribution in [0.25, 0.3) is 11.3 Å². The number of halogens is 1. The van der Waals surface area contributed by atoms with Crippen LogP contribution in [0.3, 0.4) is 0 Å². The van der Waals surface area contributed by atoms with Gasteiger partial charge in [0.05, 0.1) is 13.0 Å². The van der Waals surface area contributed by atoms with E-state index >= 15 is 0 Å². The Morgan fingerprint density at radius 2 is 1.82 bits per heavy atom. The summed E-state index contributed by atoms with van der Waals surface area (Å²) < 4.78 is 8.16. The van der Waals surface area contributed by atoms with Crippen molar-refractivity contribution in [3.63, 3.8) is 0 Å². The maximum Gasteiger partial charge on any atom is 0.303 e. The third kappa shape index (κ3) is 4.96. The first-order valence-electron chi connectivity index (χ1n) is 9.30.